The van der Waals surface area contributed by atoms with Crippen LogP contribution in [-0.4, -0.2) is 36.2 Å². The van der Waals surface area contributed by atoms with E-state index >= 15 is 0 Å². The first kappa shape index (κ1) is 15.1. The number of carboxylic acids is 1. The number of carboxylic acid groups (broad SMARTS) is 1. The smallest absolute Gasteiger partial charge is 0.304 e. The Labute approximate surface area is 120 Å². The number of hydrogen-bond acceptors (Lipinski definition) is 6. The summed E-state index contributed by atoms with van der Waals surface area (Å²) in [6, 6.07) is 6.00. The Balaban J connectivity index is 2.22. The van der Waals surface area contributed by atoms with Crippen molar-refractivity contribution in [3.8, 4) is 11.4 Å². The first-order chi connectivity index (χ1) is 9.88. The molecule has 0 amide bonds. The number of carbonyl (C=O) groups is 1. The van der Waals surface area contributed by atoms with Crippen molar-refractivity contribution >= 4 is 16.0 Å². The number of benzene rings is 1. The predicted octanol–water partition coefficient (Wildman–Crippen LogP) is 0.798. The van der Waals surface area contributed by atoms with Gasteiger partial charge >= 0.3 is 5.97 Å². The van der Waals surface area contributed by atoms with Gasteiger partial charge in [-0.2, -0.15) is 4.98 Å². The lowest BCUT2D eigenvalue weighted by Crippen LogP contribution is -2.26. The number of nitrogens with zero attached hydrogens (tertiary/aromatic N) is 2. The van der Waals surface area contributed by atoms with Crippen molar-refractivity contribution in [1.29, 1.82) is 0 Å². The maximum absolute atomic E-state index is 12.0. The minimum Gasteiger partial charge on any atom is -0.481 e. The number of aliphatic carboxylic acids is 1. The van der Waals surface area contributed by atoms with Gasteiger partial charge in [0.15, 0.2) is 0 Å². The molecule has 0 bridgehead atoms. The van der Waals surface area contributed by atoms with Gasteiger partial charge < -0.3 is 9.63 Å². The largest absolute Gasteiger partial charge is 0.481 e. The molecule has 0 saturated carbocycles. The number of aryl methyl sites for hydroxylation is 1. The Kier molecular flexibility index (Phi) is 4.34. The van der Waals surface area contributed by atoms with Crippen LogP contribution in [0, 0.1) is 6.92 Å². The molecule has 1 heterocycles. The van der Waals surface area contributed by atoms with Crippen molar-refractivity contribution in [2.45, 2.75) is 18.2 Å². The molecule has 0 radical (unpaired) electrons. The van der Waals surface area contributed by atoms with Crippen LogP contribution in [0.2, 0.25) is 0 Å². The summed E-state index contributed by atoms with van der Waals surface area (Å²) in [5.41, 5.74) is 0.493. The zero-order valence-electron chi connectivity index (χ0n) is 11.1. The Morgan fingerprint density at radius 3 is 2.81 bits per heavy atom. The summed E-state index contributed by atoms with van der Waals surface area (Å²) >= 11 is 0. The SMILES string of the molecule is Cc1nc(-c2cccc(S(=O)(=O)NCCC(=O)O)c2)no1. The van der Waals surface area contributed by atoms with E-state index in [9.17, 15) is 13.2 Å². The standard InChI is InChI=1S/C12H13N3O5S/c1-8-14-12(15-20-8)9-3-2-4-10(7-9)21(18,19)13-6-5-11(16)17/h2-4,7,13H,5-6H2,1H3,(H,16,17). The first-order valence-electron chi connectivity index (χ1n) is 6.01. The van der Waals surface area contributed by atoms with Crippen molar-refractivity contribution in [2.24, 2.45) is 0 Å². The molecule has 21 heavy (non-hydrogen) atoms. The Hall–Kier alpha value is -2.26. The average Bonchev–Trinajstić information content (AvgIpc) is 2.85. The van der Waals surface area contributed by atoms with E-state index in [1.54, 1.807) is 19.1 Å². The molecule has 9 heteroatoms. The quantitative estimate of drug-likeness (QED) is 0.808. The van der Waals surface area contributed by atoms with Gasteiger partial charge in [0.2, 0.25) is 21.7 Å². The summed E-state index contributed by atoms with van der Waals surface area (Å²) in [5, 5.41) is 12.2. The van der Waals surface area contributed by atoms with E-state index in [2.05, 4.69) is 14.9 Å². The molecule has 0 aliphatic heterocycles. The van der Waals surface area contributed by atoms with Crippen LogP contribution in [0.25, 0.3) is 11.4 Å². The second-order valence-electron chi connectivity index (χ2n) is 4.21. The lowest BCUT2D eigenvalue weighted by molar-refractivity contribution is -0.136. The van der Waals surface area contributed by atoms with Crippen LogP contribution in [-0.2, 0) is 14.8 Å². The van der Waals surface area contributed by atoms with Gasteiger partial charge in [0.1, 0.15) is 0 Å². The Morgan fingerprint density at radius 1 is 1.43 bits per heavy atom. The van der Waals surface area contributed by atoms with E-state index in [-0.39, 0.29) is 23.7 Å². The second kappa shape index (κ2) is 6.02. The molecular formula is C12H13N3O5S. The fraction of sp³-hybridized carbons (Fsp3) is 0.250. The maximum atomic E-state index is 12.0. The Bertz CT molecular complexity index is 754. The van der Waals surface area contributed by atoms with Crippen LogP contribution >= 0.6 is 0 Å². The number of nitrogens with one attached hydrogen (secondary N) is 1. The highest BCUT2D eigenvalue weighted by Gasteiger charge is 2.16. The van der Waals surface area contributed by atoms with E-state index in [4.69, 9.17) is 9.63 Å². The molecule has 1 aromatic heterocycles. The van der Waals surface area contributed by atoms with Crippen LogP contribution in [0.1, 0.15) is 12.3 Å². The molecule has 112 valence electrons. The predicted molar refractivity (Wildman–Crippen MR) is 71.9 cm³/mol. The summed E-state index contributed by atoms with van der Waals surface area (Å²) in [4.78, 5) is 14.4. The van der Waals surface area contributed by atoms with E-state index in [0.29, 0.717) is 11.5 Å². The Morgan fingerprint density at radius 2 is 2.19 bits per heavy atom. The van der Waals surface area contributed by atoms with Gasteiger partial charge in [-0.3, -0.25) is 4.79 Å². The summed E-state index contributed by atoms with van der Waals surface area (Å²) in [5.74, 6) is -0.415. The molecule has 0 saturated heterocycles. The van der Waals surface area contributed by atoms with Gasteiger partial charge in [-0.05, 0) is 12.1 Å². The van der Waals surface area contributed by atoms with Crippen LogP contribution in [0.15, 0.2) is 33.7 Å². The summed E-state index contributed by atoms with van der Waals surface area (Å²) in [7, 11) is -3.78. The van der Waals surface area contributed by atoms with E-state index in [1.807, 2.05) is 0 Å². The molecule has 2 N–H and O–H groups in total. The number of hydrogen-bond donors (Lipinski definition) is 2. The van der Waals surface area contributed by atoms with Crippen molar-refractivity contribution in [1.82, 2.24) is 14.9 Å². The van der Waals surface area contributed by atoms with Crippen molar-refractivity contribution < 1.29 is 22.8 Å². The van der Waals surface area contributed by atoms with Crippen LogP contribution in [0.5, 0.6) is 0 Å². The molecule has 2 aromatic rings. The molecule has 0 fully saturated rings. The van der Waals surface area contributed by atoms with Crippen molar-refractivity contribution in [2.75, 3.05) is 6.54 Å². The van der Waals surface area contributed by atoms with Gasteiger partial charge in [-0.1, -0.05) is 17.3 Å². The molecule has 0 aliphatic rings. The number of aromatic nitrogens is 2. The van der Waals surface area contributed by atoms with Gasteiger partial charge in [0.25, 0.3) is 0 Å². The van der Waals surface area contributed by atoms with Crippen LogP contribution in [0.4, 0.5) is 0 Å². The fourth-order valence-electron chi connectivity index (χ4n) is 1.59. The highest BCUT2D eigenvalue weighted by Crippen LogP contribution is 2.19. The highest BCUT2D eigenvalue weighted by atomic mass is 32.2. The molecule has 0 atom stereocenters. The molecule has 0 spiro atoms. The molecule has 0 unspecified atom stereocenters. The zero-order valence-corrected chi connectivity index (χ0v) is 11.9. The number of rotatable bonds is 6. The minimum absolute atomic E-state index is 0.00726. The monoisotopic (exact) mass is 311 g/mol. The number of sulfonamides is 1. The lowest BCUT2D eigenvalue weighted by Gasteiger charge is -2.06. The normalized spacial score (nSPS) is 11.5. The third-order valence-electron chi connectivity index (χ3n) is 2.56. The molecule has 1 aromatic carbocycles. The molecule has 0 aliphatic carbocycles. The van der Waals surface area contributed by atoms with Crippen molar-refractivity contribution in [3.05, 3.63) is 30.2 Å². The van der Waals surface area contributed by atoms with Crippen LogP contribution in [0.3, 0.4) is 0 Å². The summed E-state index contributed by atoms with van der Waals surface area (Å²) in [6.45, 7) is 1.45. The average molecular weight is 311 g/mol. The van der Waals surface area contributed by atoms with Gasteiger partial charge in [-0.15, -0.1) is 0 Å². The summed E-state index contributed by atoms with van der Waals surface area (Å²) < 4.78 is 31.1. The van der Waals surface area contributed by atoms with Gasteiger partial charge in [-0.25, -0.2) is 13.1 Å². The van der Waals surface area contributed by atoms with Gasteiger partial charge in [0, 0.05) is 19.0 Å². The highest BCUT2D eigenvalue weighted by molar-refractivity contribution is 7.89. The molecular weight excluding hydrogens is 298 g/mol. The van der Waals surface area contributed by atoms with E-state index in [0.717, 1.165) is 0 Å². The third kappa shape index (κ3) is 3.86. The summed E-state index contributed by atoms with van der Waals surface area (Å²) in [6.07, 6.45) is -0.289. The van der Waals surface area contributed by atoms with Crippen LogP contribution < -0.4 is 4.72 Å². The first-order valence-corrected chi connectivity index (χ1v) is 7.49. The second-order valence-corrected chi connectivity index (χ2v) is 5.97. The fourth-order valence-corrected chi connectivity index (χ4v) is 2.67. The molecule has 8 nitrogen and oxygen atoms in total. The molecule has 2 rings (SSSR count). The van der Waals surface area contributed by atoms with E-state index < -0.39 is 16.0 Å². The lowest BCUT2D eigenvalue weighted by atomic mass is 10.2. The zero-order chi connectivity index (χ0) is 15.5. The minimum atomic E-state index is -3.78. The van der Waals surface area contributed by atoms with E-state index in [1.165, 1.54) is 12.1 Å². The van der Waals surface area contributed by atoms with Gasteiger partial charge in [0.05, 0.1) is 11.3 Å². The third-order valence-corrected chi connectivity index (χ3v) is 4.02. The van der Waals surface area contributed by atoms with Crippen molar-refractivity contribution in [3.63, 3.8) is 0 Å². The topological polar surface area (TPSA) is 122 Å². The maximum Gasteiger partial charge on any atom is 0.304 e.